The fourth-order valence-corrected chi connectivity index (χ4v) is 1.10. The van der Waals surface area contributed by atoms with Crippen molar-refractivity contribution in [2.45, 2.75) is 26.8 Å². The molecular formula is C9H14N2O2. The van der Waals surface area contributed by atoms with Gasteiger partial charge in [-0.2, -0.15) is 5.10 Å². The summed E-state index contributed by atoms with van der Waals surface area (Å²) in [5, 5.41) is 12.9. The molecule has 4 nitrogen and oxygen atoms in total. The molecule has 72 valence electrons. The summed E-state index contributed by atoms with van der Waals surface area (Å²) < 4.78 is 1.69. The first-order chi connectivity index (χ1) is 6.02. The largest absolute Gasteiger partial charge is 0.481 e. The quantitative estimate of drug-likeness (QED) is 0.770. The van der Waals surface area contributed by atoms with Gasteiger partial charge < -0.3 is 5.11 Å². The number of rotatable bonds is 3. The summed E-state index contributed by atoms with van der Waals surface area (Å²) in [7, 11) is 0. The number of nitrogens with zero attached hydrogens (tertiary/aromatic N) is 2. The second-order valence-electron chi connectivity index (χ2n) is 3.30. The molecule has 0 aliphatic rings. The molecule has 1 heterocycles. The van der Waals surface area contributed by atoms with Gasteiger partial charge in [-0.05, 0) is 26.8 Å². The van der Waals surface area contributed by atoms with E-state index < -0.39 is 11.9 Å². The van der Waals surface area contributed by atoms with Crippen molar-refractivity contribution in [3.8, 4) is 0 Å². The molecular weight excluding hydrogens is 168 g/mol. The van der Waals surface area contributed by atoms with Crippen molar-refractivity contribution < 1.29 is 9.90 Å². The van der Waals surface area contributed by atoms with Crippen molar-refractivity contribution in [2.75, 3.05) is 0 Å². The van der Waals surface area contributed by atoms with Crippen LogP contribution in [0.1, 0.15) is 25.6 Å². The van der Waals surface area contributed by atoms with Crippen LogP contribution in [0.2, 0.25) is 0 Å². The molecule has 1 aromatic rings. The molecule has 13 heavy (non-hydrogen) atoms. The third kappa shape index (κ3) is 2.08. The van der Waals surface area contributed by atoms with Crippen LogP contribution in [0.3, 0.4) is 0 Å². The van der Waals surface area contributed by atoms with Gasteiger partial charge in [0.2, 0.25) is 0 Å². The van der Waals surface area contributed by atoms with Crippen LogP contribution in [0.15, 0.2) is 12.3 Å². The van der Waals surface area contributed by atoms with Crippen molar-refractivity contribution in [3.05, 3.63) is 18.0 Å². The van der Waals surface area contributed by atoms with Crippen molar-refractivity contribution in [3.63, 3.8) is 0 Å². The van der Waals surface area contributed by atoms with Crippen LogP contribution in [0.5, 0.6) is 0 Å². The number of hydrogen-bond acceptors (Lipinski definition) is 2. The van der Waals surface area contributed by atoms with E-state index in [0.717, 1.165) is 5.69 Å². The van der Waals surface area contributed by atoms with E-state index in [0.29, 0.717) is 0 Å². The second-order valence-corrected chi connectivity index (χ2v) is 3.30. The second kappa shape index (κ2) is 3.60. The van der Waals surface area contributed by atoms with Crippen LogP contribution in [0.25, 0.3) is 0 Å². The zero-order valence-corrected chi connectivity index (χ0v) is 8.06. The van der Waals surface area contributed by atoms with E-state index in [2.05, 4.69) is 5.10 Å². The molecule has 0 fully saturated rings. The van der Waals surface area contributed by atoms with Gasteiger partial charge in [-0.15, -0.1) is 0 Å². The van der Waals surface area contributed by atoms with Crippen molar-refractivity contribution in [2.24, 2.45) is 5.92 Å². The standard InChI is InChI=1S/C9H14N2O2/c1-6-4-5-11(10-6)8(3)7(2)9(12)13/h4-5,7-8H,1-3H3,(H,12,13). The van der Waals surface area contributed by atoms with Gasteiger partial charge in [0.05, 0.1) is 17.7 Å². The predicted octanol–water partition coefficient (Wildman–Crippen LogP) is 1.47. The van der Waals surface area contributed by atoms with Crippen LogP contribution in [-0.2, 0) is 4.79 Å². The zero-order chi connectivity index (χ0) is 10.0. The van der Waals surface area contributed by atoms with Gasteiger partial charge in [-0.25, -0.2) is 0 Å². The first-order valence-electron chi connectivity index (χ1n) is 4.27. The van der Waals surface area contributed by atoms with Crippen LogP contribution in [0.4, 0.5) is 0 Å². The number of aryl methyl sites for hydroxylation is 1. The molecule has 0 aromatic carbocycles. The molecule has 0 aliphatic heterocycles. The fraction of sp³-hybridized carbons (Fsp3) is 0.556. The minimum absolute atomic E-state index is 0.105. The number of aliphatic carboxylic acids is 1. The minimum atomic E-state index is -0.791. The number of carboxylic acids is 1. The van der Waals surface area contributed by atoms with E-state index in [-0.39, 0.29) is 6.04 Å². The van der Waals surface area contributed by atoms with Crippen LogP contribution in [0, 0.1) is 12.8 Å². The summed E-state index contributed by atoms with van der Waals surface area (Å²) in [4.78, 5) is 10.7. The first-order valence-corrected chi connectivity index (χ1v) is 4.27. The number of hydrogen-bond donors (Lipinski definition) is 1. The van der Waals surface area contributed by atoms with Gasteiger partial charge in [0.25, 0.3) is 0 Å². The monoisotopic (exact) mass is 182 g/mol. The Morgan fingerprint density at radius 1 is 1.62 bits per heavy atom. The van der Waals surface area contributed by atoms with Gasteiger partial charge in [0, 0.05) is 6.20 Å². The maximum atomic E-state index is 10.7. The Hall–Kier alpha value is -1.32. The van der Waals surface area contributed by atoms with E-state index in [9.17, 15) is 4.79 Å². The molecule has 0 radical (unpaired) electrons. The molecule has 2 unspecified atom stereocenters. The molecule has 0 amide bonds. The Morgan fingerprint density at radius 3 is 2.62 bits per heavy atom. The van der Waals surface area contributed by atoms with Gasteiger partial charge in [-0.1, -0.05) is 0 Å². The minimum Gasteiger partial charge on any atom is -0.481 e. The molecule has 0 saturated carbocycles. The lowest BCUT2D eigenvalue weighted by molar-refractivity contribution is -0.142. The molecule has 0 saturated heterocycles. The summed E-state index contributed by atoms with van der Waals surface area (Å²) in [6.45, 7) is 5.42. The summed E-state index contributed by atoms with van der Waals surface area (Å²) in [6.07, 6.45) is 1.80. The normalized spacial score (nSPS) is 15.3. The summed E-state index contributed by atoms with van der Waals surface area (Å²) in [5.74, 6) is -1.21. The number of carboxylic acid groups (broad SMARTS) is 1. The average Bonchev–Trinajstić information content (AvgIpc) is 2.49. The third-order valence-corrected chi connectivity index (χ3v) is 2.27. The van der Waals surface area contributed by atoms with Gasteiger partial charge in [0.1, 0.15) is 0 Å². The molecule has 2 atom stereocenters. The average molecular weight is 182 g/mol. The van der Waals surface area contributed by atoms with Gasteiger partial charge in [-0.3, -0.25) is 9.48 Å². The smallest absolute Gasteiger partial charge is 0.308 e. The predicted molar refractivity (Wildman–Crippen MR) is 48.5 cm³/mol. The molecule has 4 heteroatoms. The van der Waals surface area contributed by atoms with E-state index in [1.807, 2.05) is 19.9 Å². The highest BCUT2D eigenvalue weighted by Crippen LogP contribution is 2.16. The topological polar surface area (TPSA) is 55.1 Å². The lowest BCUT2D eigenvalue weighted by atomic mass is 10.1. The van der Waals surface area contributed by atoms with E-state index >= 15 is 0 Å². The lowest BCUT2D eigenvalue weighted by Crippen LogP contribution is -2.22. The lowest BCUT2D eigenvalue weighted by Gasteiger charge is -2.16. The number of carbonyl (C=O) groups is 1. The van der Waals surface area contributed by atoms with Crippen molar-refractivity contribution in [1.82, 2.24) is 9.78 Å². The molecule has 0 aliphatic carbocycles. The maximum Gasteiger partial charge on any atom is 0.308 e. The Kier molecular flexibility index (Phi) is 2.70. The SMILES string of the molecule is Cc1ccn(C(C)C(C)C(=O)O)n1. The zero-order valence-electron chi connectivity index (χ0n) is 8.06. The Bertz CT molecular complexity index is 306. The highest BCUT2D eigenvalue weighted by Gasteiger charge is 2.20. The number of aromatic nitrogens is 2. The Labute approximate surface area is 77.2 Å². The Morgan fingerprint density at radius 2 is 2.23 bits per heavy atom. The molecule has 1 aromatic heterocycles. The summed E-state index contributed by atoms with van der Waals surface area (Å²) in [6, 6.07) is 1.76. The Balaban J connectivity index is 2.78. The first kappa shape index (κ1) is 9.77. The molecule has 1 rings (SSSR count). The van der Waals surface area contributed by atoms with Crippen LogP contribution < -0.4 is 0 Å². The van der Waals surface area contributed by atoms with E-state index in [1.165, 1.54) is 0 Å². The fourth-order valence-electron chi connectivity index (χ4n) is 1.10. The highest BCUT2D eigenvalue weighted by atomic mass is 16.4. The highest BCUT2D eigenvalue weighted by molar-refractivity contribution is 5.70. The van der Waals surface area contributed by atoms with E-state index in [4.69, 9.17) is 5.11 Å². The summed E-state index contributed by atoms with van der Waals surface area (Å²) in [5.41, 5.74) is 0.907. The van der Waals surface area contributed by atoms with Crippen LogP contribution in [-0.4, -0.2) is 20.9 Å². The van der Waals surface area contributed by atoms with Crippen molar-refractivity contribution >= 4 is 5.97 Å². The molecule has 0 spiro atoms. The van der Waals surface area contributed by atoms with Crippen LogP contribution >= 0.6 is 0 Å². The van der Waals surface area contributed by atoms with Crippen molar-refractivity contribution in [1.29, 1.82) is 0 Å². The van der Waals surface area contributed by atoms with Gasteiger partial charge in [0.15, 0.2) is 0 Å². The van der Waals surface area contributed by atoms with Gasteiger partial charge >= 0.3 is 5.97 Å². The maximum absolute atomic E-state index is 10.7. The van der Waals surface area contributed by atoms with E-state index in [1.54, 1.807) is 17.8 Å². The summed E-state index contributed by atoms with van der Waals surface area (Å²) >= 11 is 0. The molecule has 0 bridgehead atoms. The molecule has 1 N–H and O–H groups in total. The third-order valence-electron chi connectivity index (χ3n) is 2.27.